The van der Waals surface area contributed by atoms with Gasteiger partial charge in [0, 0.05) is 59.6 Å². The summed E-state index contributed by atoms with van der Waals surface area (Å²) in [4.78, 5) is 42.2. The quantitative estimate of drug-likeness (QED) is 0.0958. The van der Waals surface area contributed by atoms with Crippen molar-refractivity contribution in [1.82, 2.24) is 0 Å². The van der Waals surface area contributed by atoms with Gasteiger partial charge in [-0.1, -0.05) is 41.5 Å². The predicted molar refractivity (Wildman–Crippen MR) is 152 cm³/mol. The molecule has 0 aliphatic rings. The number of rotatable bonds is 15. The Labute approximate surface area is 271 Å². The van der Waals surface area contributed by atoms with Crippen LogP contribution in [0.15, 0.2) is 0 Å². The zero-order valence-corrected chi connectivity index (χ0v) is 28.0. The number of aliphatic carboxylic acids is 3. The van der Waals surface area contributed by atoms with Gasteiger partial charge < -0.3 is 15.3 Å². The van der Waals surface area contributed by atoms with Crippen molar-refractivity contribution in [3.63, 3.8) is 0 Å². The van der Waals surface area contributed by atoms with Gasteiger partial charge in [-0.3, -0.25) is 14.5 Å². The molecule has 0 rings (SSSR count). The molecule has 0 heterocycles. The Morgan fingerprint density at radius 3 is 0.628 bits per heavy atom. The normalized spacial score (nSPS) is 9.14. The van der Waals surface area contributed by atoms with E-state index in [1.807, 2.05) is 41.5 Å². The summed E-state index contributed by atoms with van der Waals surface area (Å²) in [5, 5.41) is 26.6. The van der Waals surface area contributed by atoms with Crippen molar-refractivity contribution in [2.45, 2.75) is 135 Å². The summed E-state index contributed by atoms with van der Waals surface area (Å²) in [6, 6.07) is 0. The van der Waals surface area contributed by atoms with E-state index in [9.17, 15) is 14.4 Å². The number of nitrogens with zero attached hydrogens (tertiary/aromatic N) is 3. The SMILES string of the molecule is [C-]#[N+]C(CCC)(CCC)C(=O)O.[C-]#[N+]C(CCC)(CCC)C(=O)O.[C-]#[N+]C(CCC)(CCC)C(=O)O.[C-]#[O+].[C-]#[O+].[C-]#[O+].[Mo]. The van der Waals surface area contributed by atoms with Crippen LogP contribution in [0.2, 0.25) is 0 Å². The smallest absolute Gasteiger partial charge is 0 e. The fourth-order valence-corrected chi connectivity index (χ4v) is 3.98. The summed E-state index contributed by atoms with van der Waals surface area (Å²) in [5.74, 6) is -2.91. The van der Waals surface area contributed by atoms with Gasteiger partial charge in [0.15, 0.2) is 0 Å². The van der Waals surface area contributed by atoms with Crippen molar-refractivity contribution >= 4 is 17.9 Å². The van der Waals surface area contributed by atoms with Crippen molar-refractivity contribution in [3.05, 3.63) is 54.2 Å². The second-order valence-electron chi connectivity index (χ2n) is 8.85. The van der Waals surface area contributed by atoms with Crippen molar-refractivity contribution in [2.75, 3.05) is 0 Å². The largest absolute Gasteiger partial charge is 0 e. The zero-order chi connectivity index (χ0) is 34.8. The third-order valence-electron chi connectivity index (χ3n) is 5.82. The number of carbonyl (C=O) groups is 3. The summed E-state index contributed by atoms with van der Waals surface area (Å²) in [6.07, 6.45) is 7.22. The molecule has 0 bridgehead atoms. The monoisotopic (exact) mass is 689 g/mol. The topological polar surface area (TPSA) is 185 Å². The van der Waals surface area contributed by atoms with Crippen LogP contribution in [0.4, 0.5) is 0 Å². The molecule has 0 saturated carbocycles. The average molecular weight is 688 g/mol. The molecule has 0 fully saturated rings. The first-order valence-corrected chi connectivity index (χ1v) is 13.4. The van der Waals surface area contributed by atoms with Crippen LogP contribution < -0.4 is 0 Å². The Balaban J connectivity index is -0.0000000819. The van der Waals surface area contributed by atoms with Gasteiger partial charge in [-0.05, 0) is 38.5 Å². The van der Waals surface area contributed by atoms with Crippen LogP contribution in [0.3, 0.4) is 0 Å². The number of carboxylic acid groups (broad SMARTS) is 3. The first-order valence-electron chi connectivity index (χ1n) is 13.4. The predicted octanol–water partition coefficient (Wildman–Crippen LogP) is 6.87. The third kappa shape index (κ3) is 23.0. The van der Waals surface area contributed by atoms with Crippen LogP contribution >= 0.6 is 0 Å². The molecule has 13 heteroatoms. The summed E-state index contributed by atoms with van der Waals surface area (Å²) in [5.41, 5.74) is -3.45. The third-order valence-corrected chi connectivity index (χ3v) is 5.82. The standard InChI is InChI=1S/3C9H15NO2.3CO.Mo/c3*1-4-6-9(10-3,7-5-2)8(11)12;3*1-2;/h3*4-7H2,1-2H3,(H,11,12);;;;. The van der Waals surface area contributed by atoms with Gasteiger partial charge in [-0.25, -0.2) is 34.1 Å². The van der Waals surface area contributed by atoms with Gasteiger partial charge in [0.05, 0.1) is 0 Å². The molecule has 3 N–H and O–H groups in total. The molecule has 0 saturated heterocycles. The Kier molecular flexibility index (Phi) is 47.7. The summed E-state index contributed by atoms with van der Waals surface area (Å²) in [7, 11) is 0. The van der Waals surface area contributed by atoms with Crippen molar-refractivity contribution in [1.29, 1.82) is 0 Å². The maximum Gasteiger partial charge on any atom is 0 e. The Morgan fingerprint density at radius 2 is 0.581 bits per heavy atom. The molecule has 0 atom stereocenters. The molecule has 0 aromatic carbocycles. The number of carboxylic acids is 3. The first kappa shape index (κ1) is 55.7. The maximum atomic E-state index is 10.8. The number of hydrogen-bond donors (Lipinski definition) is 3. The van der Waals surface area contributed by atoms with Gasteiger partial charge in [0.25, 0.3) is 0 Å². The minimum Gasteiger partial charge on any atom is 0 e. The number of hydrogen-bond acceptors (Lipinski definition) is 3. The second kappa shape index (κ2) is 36.8. The molecule has 0 amide bonds. The van der Waals surface area contributed by atoms with E-state index >= 15 is 0 Å². The molecule has 0 aliphatic heterocycles. The Morgan fingerprint density at radius 1 is 0.465 bits per heavy atom. The second-order valence-corrected chi connectivity index (χ2v) is 8.85. The molecule has 240 valence electrons. The Hall–Kier alpha value is -3.21. The first-order chi connectivity index (χ1) is 19.9. The molecule has 12 nitrogen and oxygen atoms in total. The fraction of sp³-hybridized carbons (Fsp3) is 0.700. The van der Waals surface area contributed by atoms with Crippen molar-refractivity contribution in [3.8, 4) is 0 Å². The molecule has 0 aromatic heterocycles. The van der Waals surface area contributed by atoms with Crippen LogP contribution in [0.5, 0.6) is 0 Å². The summed E-state index contributed by atoms with van der Waals surface area (Å²) < 4.78 is 22.5. The minimum atomic E-state index is -1.15. The van der Waals surface area contributed by atoms with E-state index in [1.54, 1.807) is 0 Å². The molecule has 0 unspecified atom stereocenters. The van der Waals surface area contributed by atoms with Crippen LogP contribution in [-0.2, 0) is 49.4 Å². The van der Waals surface area contributed by atoms with E-state index in [0.29, 0.717) is 38.5 Å². The van der Waals surface area contributed by atoms with E-state index in [4.69, 9.17) is 49.0 Å². The van der Waals surface area contributed by atoms with E-state index in [2.05, 4.69) is 34.5 Å². The fourth-order valence-electron chi connectivity index (χ4n) is 3.98. The molecular weight excluding hydrogens is 642 g/mol. The van der Waals surface area contributed by atoms with Crippen molar-refractivity contribution < 1.29 is 64.7 Å². The maximum absolute atomic E-state index is 10.8. The van der Waals surface area contributed by atoms with Crippen LogP contribution in [0.1, 0.15) is 119 Å². The summed E-state index contributed by atoms with van der Waals surface area (Å²) in [6.45, 7) is 45.6. The zero-order valence-electron chi connectivity index (χ0n) is 26.0. The molecular formula is C30H45MoN3O9. The molecule has 43 heavy (non-hydrogen) atoms. The van der Waals surface area contributed by atoms with Crippen LogP contribution in [-0.4, -0.2) is 49.8 Å². The van der Waals surface area contributed by atoms with E-state index in [1.165, 1.54) is 0 Å². The van der Waals surface area contributed by atoms with E-state index in [-0.39, 0.29) is 21.1 Å². The van der Waals surface area contributed by atoms with Gasteiger partial charge in [0.2, 0.25) is 0 Å². The summed E-state index contributed by atoms with van der Waals surface area (Å²) >= 11 is 0. The average Bonchev–Trinajstić information content (AvgIpc) is 3.00. The molecule has 0 spiro atoms. The molecule has 0 aromatic rings. The molecule has 0 aliphatic carbocycles. The van der Waals surface area contributed by atoms with E-state index < -0.39 is 34.5 Å². The van der Waals surface area contributed by atoms with Gasteiger partial charge in [0.1, 0.15) is 0 Å². The van der Waals surface area contributed by atoms with Gasteiger partial charge >= 0.3 is 68.4 Å². The van der Waals surface area contributed by atoms with Crippen LogP contribution in [0, 0.1) is 39.7 Å². The van der Waals surface area contributed by atoms with Crippen LogP contribution in [0.25, 0.3) is 14.5 Å². The van der Waals surface area contributed by atoms with E-state index in [0.717, 1.165) is 38.5 Å². The van der Waals surface area contributed by atoms with Gasteiger partial charge in [-0.2, -0.15) is 0 Å². The van der Waals surface area contributed by atoms with Crippen molar-refractivity contribution in [2.24, 2.45) is 0 Å². The molecule has 0 radical (unpaired) electrons. The Bertz CT molecular complexity index is 789. The minimum absolute atomic E-state index is 0. The van der Waals surface area contributed by atoms with Gasteiger partial charge in [-0.15, -0.1) is 0 Å².